The molecule has 2 aromatic rings. The van der Waals surface area contributed by atoms with Crippen molar-refractivity contribution in [1.29, 1.82) is 5.26 Å². The lowest BCUT2D eigenvalue weighted by Crippen LogP contribution is -2.58. The maximum Gasteiger partial charge on any atom is 0.274 e. The number of rotatable bonds is 10. The highest BCUT2D eigenvalue weighted by Gasteiger charge is 2.34. The Morgan fingerprint density at radius 1 is 1.15 bits per heavy atom. The van der Waals surface area contributed by atoms with Gasteiger partial charge in [-0.15, -0.1) is 0 Å². The van der Waals surface area contributed by atoms with Crippen LogP contribution in [0.3, 0.4) is 0 Å². The van der Waals surface area contributed by atoms with Crippen LogP contribution >= 0.6 is 11.6 Å². The molecule has 2 saturated heterocycles. The third kappa shape index (κ3) is 8.25. The number of nitrogens with zero attached hydrogens (tertiary/aromatic N) is 6. The van der Waals surface area contributed by atoms with Gasteiger partial charge in [0.05, 0.1) is 11.6 Å². The summed E-state index contributed by atoms with van der Waals surface area (Å²) in [6.07, 6.45) is 3.16. The predicted molar refractivity (Wildman–Crippen MR) is 157 cm³/mol. The number of anilines is 2. The number of piperidine rings is 1. The summed E-state index contributed by atoms with van der Waals surface area (Å²) in [6, 6.07) is 10.8. The second-order valence-electron chi connectivity index (χ2n) is 10.3. The SMILES string of the molecule is CC[C@H]1CN(c2nc(N)c(C(=O)NCCNS(N)(=O)=O)nc2Cl)CCN1C1CCN(Cc2ccc(C#N)cc2)CC1. The normalized spacial score (nSPS) is 19.2. The van der Waals surface area contributed by atoms with Gasteiger partial charge in [-0.2, -0.15) is 13.7 Å². The van der Waals surface area contributed by atoms with Crippen LogP contribution in [0, 0.1) is 11.3 Å². The Bertz CT molecular complexity index is 1360. The fourth-order valence-corrected chi connectivity index (χ4v) is 6.13. The van der Waals surface area contributed by atoms with E-state index in [2.05, 4.69) is 47.7 Å². The molecule has 15 heteroatoms. The van der Waals surface area contributed by atoms with E-state index in [9.17, 15) is 13.2 Å². The number of piperazine rings is 1. The van der Waals surface area contributed by atoms with E-state index in [1.165, 1.54) is 5.56 Å². The van der Waals surface area contributed by atoms with Crippen LogP contribution in [-0.4, -0.2) is 92.0 Å². The van der Waals surface area contributed by atoms with Crippen molar-refractivity contribution in [1.82, 2.24) is 29.8 Å². The van der Waals surface area contributed by atoms with E-state index in [1.54, 1.807) is 0 Å². The number of hydrogen-bond donors (Lipinski definition) is 4. The number of nitrogens with one attached hydrogen (secondary N) is 2. The lowest BCUT2D eigenvalue weighted by Gasteiger charge is -2.47. The van der Waals surface area contributed by atoms with Crippen molar-refractivity contribution in [3.8, 4) is 6.07 Å². The number of nitrogen functional groups attached to an aromatic ring is 1. The van der Waals surface area contributed by atoms with Crippen molar-refractivity contribution >= 4 is 39.4 Å². The van der Waals surface area contributed by atoms with E-state index in [1.807, 2.05) is 24.3 Å². The van der Waals surface area contributed by atoms with Crippen molar-refractivity contribution in [2.24, 2.45) is 5.14 Å². The Morgan fingerprint density at radius 2 is 1.85 bits per heavy atom. The zero-order valence-electron chi connectivity index (χ0n) is 23.1. The summed E-state index contributed by atoms with van der Waals surface area (Å²) >= 11 is 6.48. The largest absolute Gasteiger partial charge is 0.382 e. The summed E-state index contributed by atoms with van der Waals surface area (Å²) in [7, 11) is -3.85. The number of aromatic nitrogens is 2. The molecule has 1 amide bonds. The number of amides is 1. The average molecular weight is 605 g/mol. The first-order valence-corrected chi connectivity index (χ1v) is 15.6. The Labute approximate surface area is 246 Å². The van der Waals surface area contributed by atoms with E-state index < -0.39 is 16.1 Å². The highest BCUT2D eigenvalue weighted by molar-refractivity contribution is 7.87. The smallest absolute Gasteiger partial charge is 0.274 e. The average Bonchev–Trinajstić information content (AvgIpc) is 2.96. The first-order valence-electron chi connectivity index (χ1n) is 13.7. The number of hydrogen-bond acceptors (Lipinski definition) is 10. The molecule has 0 spiro atoms. The van der Waals surface area contributed by atoms with Crippen LogP contribution in [0.25, 0.3) is 0 Å². The molecule has 41 heavy (non-hydrogen) atoms. The Hall–Kier alpha value is -3.06. The van der Waals surface area contributed by atoms with Crippen LogP contribution in [0.2, 0.25) is 5.15 Å². The fourth-order valence-electron chi connectivity index (χ4n) is 5.50. The first kappa shape index (κ1) is 30.9. The molecular weight excluding hydrogens is 568 g/mol. The number of carbonyl (C=O) groups excluding carboxylic acids is 1. The maximum atomic E-state index is 12.5. The van der Waals surface area contributed by atoms with Gasteiger partial charge >= 0.3 is 0 Å². The molecule has 13 nitrogen and oxygen atoms in total. The Kier molecular flexibility index (Phi) is 10.3. The monoisotopic (exact) mass is 604 g/mol. The number of nitrogens with two attached hydrogens (primary N) is 2. The van der Waals surface area contributed by atoms with E-state index in [4.69, 9.17) is 27.7 Å². The molecule has 0 bridgehead atoms. The fraction of sp³-hybridized carbons (Fsp3) is 0.538. The number of benzene rings is 1. The van der Waals surface area contributed by atoms with Gasteiger partial charge in [-0.3, -0.25) is 14.6 Å². The zero-order valence-corrected chi connectivity index (χ0v) is 24.7. The molecule has 6 N–H and O–H groups in total. The summed E-state index contributed by atoms with van der Waals surface area (Å²) in [5.74, 6) is -0.209. The predicted octanol–water partition coefficient (Wildman–Crippen LogP) is 0.672. The minimum absolute atomic E-state index is 0.00966. The van der Waals surface area contributed by atoms with Crippen molar-refractivity contribution < 1.29 is 13.2 Å². The van der Waals surface area contributed by atoms with E-state index in [-0.39, 0.29) is 29.8 Å². The van der Waals surface area contributed by atoms with Gasteiger partial charge in [-0.1, -0.05) is 30.7 Å². The van der Waals surface area contributed by atoms with Gasteiger partial charge in [-0.25, -0.2) is 19.8 Å². The molecule has 0 radical (unpaired) electrons. The summed E-state index contributed by atoms with van der Waals surface area (Å²) in [6.45, 7) is 7.32. The lowest BCUT2D eigenvalue weighted by atomic mass is 9.97. The lowest BCUT2D eigenvalue weighted by molar-refractivity contribution is 0.0610. The third-order valence-corrected chi connectivity index (χ3v) is 8.47. The maximum absolute atomic E-state index is 12.5. The summed E-state index contributed by atoms with van der Waals surface area (Å²) in [5.41, 5.74) is 7.87. The van der Waals surface area contributed by atoms with Crippen LogP contribution in [0.5, 0.6) is 0 Å². The number of carbonyl (C=O) groups is 1. The van der Waals surface area contributed by atoms with E-state index >= 15 is 0 Å². The Balaban J connectivity index is 1.32. The van der Waals surface area contributed by atoms with Gasteiger partial charge in [-0.05, 0) is 50.0 Å². The Morgan fingerprint density at radius 3 is 2.49 bits per heavy atom. The van der Waals surface area contributed by atoms with Crippen LogP contribution in [-0.2, 0) is 16.8 Å². The van der Waals surface area contributed by atoms with Gasteiger partial charge in [0.1, 0.15) is 0 Å². The number of halogens is 1. The summed E-state index contributed by atoms with van der Waals surface area (Å²) in [5, 5.41) is 16.5. The van der Waals surface area contributed by atoms with Crippen molar-refractivity contribution in [2.45, 2.75) is 44.8 Å². The second-order valence-corrected chi connectivity index (χ2v) is 12.1. The molecule has 2 fully saturated rings. The molecule has 2 aliphatic heterocycles. The molecular formula is C26H37ClN10O3S. The number of likely N-dealkylation sites (tertiary alicyclic amines) is 1. The molecule has 0 aliphatic carbocycles. The molecule has 4 rings (SSSR count). The van der Waals surface area contributed by atoms with Gasteiger partial charge in [0.2, 0.25) is 0 Å². The quantitative estimate of drug-likeness (QED) is 0.281. The third-order valence-electron chi connectivity index (χ3n) is 7.61. The molecule has 1 atom stereocenters. The van der Waals surface area contributed by atoms with Crippen LogP contribution in [0.1, 0.15) is 47.8 Å². The topological polar surface area (TPSA) is 187 Å². The minimum atomic E-state index is -3.85. The van der Waals surface area contributed by atoms with Crippen molar-refractivity contribution in [3.05, 3.63) is 46.2 Å². The zero-order chi connectivity index (χ0) is 29.6. The number of nitriles is 1. The van der Waals surface area contributed by atoms with Gasteiger partial charge in [0, 0.05) is 51.4 Å². The van der Waals surface area contributed by atoms with Gasteiger partial charge in [0.15, 0.2) is 22.5 Å². The molecule has 0 saturated carbocycles. The van der Waals surface area contributed by atoms with Crippen LogP contribution in [0.15, 0.2) is 24.3 Å². The molecule has 1 aromatic heterocycles. The van der Waals surface area contributed by atoms with Crippen LogP contribution in [0.4, 0.5) is 11.6 Å². The van der Waals surface area contributed by atoms with Crippen molar-refractivity contribution in [3.63, 3.8) is 0 Å². The van der Waals surface area contributed by atoms with Gasteiger partial charge < -0.3 is 16.0 Å². The molecule has 1 aromatic carbocycles. The molecule has 2 aliphatic rings. The van der Waals surface area contributed by atoms with E-state index in [0.717, 1.165) is 52.0 Å². The second kappa shape index (κ2) is 13.7. The minimum Gasteiger partial charge on any atom is -0.382 e. The molecule has 3 heterocycles. The molecule has 222 valence electrons. The first-order chi connectivity index (χ1) is 19.6. The summed E-state index contributed by atoms with van der Waals surface area (Å²) < 4.78 is 24.0. The van der Waals surface area contributed by atoms with Crippen LogP contribution < -0.4 is 25.8 Å². The standard InChI is InChI=1S/C26H37ClN10O3S/c1-2-20-17-36(25-23(27)33-22(24(29)34-25)26(38)31-9-10-32-41(30,39)40)13-14-37(20)21-7-11-35(12-8-21)16-19-5-3-18(15-28)4-6-19/h3-6,20-21,32H,2,7-14,16-17H2,1H3,(H2,29,34)(H,31,38)(H2,30,39,40)/t20-/m0/s1. The summed E-state index contributed by atoms with van der Waals surface area (Å²) in [4.78, 5) is 28.3. The molecule has 0 unspecified atom stereocenters. The highest BCUT2D eigenvalue weighted by atomic mass is 35.5. The van der Waals surface area contributed by atoms with Crippen molar-refractivity contribution in [2.75, 3.05) is 56.4 Å². The van der Waals surface area contributed by atoms with E-state index in [0.29, 0.717) is 30.0 Å². The highest BCUT2D eigenvalue weighted by Crippen LogP contribution is 2.30. The van der Waals surface area contributed by atoms with Gasteiger partial charge in [0.25, 0.3) is 16.1 Å².